The van der Waals surface area contributed by atoms with Crippen LogP contribution >= 0.6 is 0 Å². The Kier molecular flexibility index (Phi) is 8.48. The van der Waals surface area contributed by atoms with E-state index in [1.54, 1.807) is 38.5 Å². The molecule has 35 heavy (non-hydrogen) atoms. The average molecular weight is 490 g/mol. The van der Waals surface area contributed by atoms with Crippen LogP contribution in [0.5, 0.6) is 0 Å². The van der Waals surface area contributed by atoms with Crippen LogP contribution in [0.2, 0.25) is 0 Å². The molecule has 0 aliphatic carbocycles. The van der Waals surface area contributed by atoms with Crippen LogP contribution in [0.15, 0.2) is 36.9 Å². The Morgan fingerprint density at radius 2 is 1.89 bits per heavy atom. The predicted molar refractivity (Wildman–Crippen MR) is 129 cm³/mol. The average Bonchev–Trinajstić information content (AvgIpc) is 3.23. The maximum Gasteiger partial charge on any atom is 0.389 e. The fraction of sp³-hybridized carbons (Fsp3) is 0.440. The first-order chi connectivity index (χ1) is 16.6. The van der Waals surface area contributed by atoms with Gasteiger partial charge in [0.05, 0.1) is 18.2 Å². The summed E-state index contributed by atoms with van der Waals surface area (Å²) in [5.41, 5.74) is 3.63. The smallest absolute Gasteiger partial charge is 0.374 e. The highest BCUT2D eigenvalue weighted by Gasteiger charge is 2.31. The second-order valence-electron chi connectivity index (χ2n) is 8.88. The monoisotopic (exact) mass is 489 g/mol. The number of halogens is 3. The van der Waals surface area contributed by atoms with E-state index < -0.39 is 30.8 Å². The number of Topliss-reactive ketones (excluding diaryl/α,β-unsaturated/α-hetero) is 1. The van der Waals surface area contributed by atoms with Gasteiger partial charge < -0.3 is 15.6 Å². The number of nitrogens with one attached hydrogen (secondary N) is 3. The van der Waals surface area contributed by atoms with Gasteiger partial charge in [-0.2, -0.15) is 13.2 Å². The molecule has 3 rings (SSSR count). The summed E-state index contributed by atoms with van der Waals surface area (Å²) < 4.78 is 37.8. The molecule has 3 aromatic heterocycles. The van der Waals surface area contributed by atoms with Crippen molar-refractivity contribution in [1.29, 1.82) is 0 Å². The third-order valence-corrected chi connectivity index (χ3v) is 5.59. The molecule has 0 aliphatic heterocycles. The lowest BCUT2D eigenvalue weighted by molar-refractivity contribution is -0.143. The number of carbonyl (C=O) groups is 2. The summed E-state index contributed by atoms with van der Waals surface area (Å²) in [5, 5.41) is 6.78. The number of anilines is 1. The minimum absolute atomic E-state index is 0.0191. The standard InChI is InChI=1S/C25H30F3N5O2/c1-4-5-22(35)30-10-16-8-19-20(14-32-24(19)31-11-16)17-9-18(13-29-12-17)33-23(15(2)3)21(34)6-7-25(26,27)28/h8-9,11-15,23,33H,4-7,10H2,1-3H3,(H,30,35)(H,31,32). The van der Waals surface area contributed by atoms with Crippen molar-refractivity contribution in [2.75, 3.05) is 5.32 Å². The molecule has 0 aliphatic rings. The zero-order valence-electron chi connectivity index (χ0n) is 20.0. The van der Waals surface area contributed by atoms with Crippen LogP contribution in [0.1, 0.15) is 52.0 Å². The van der Waals surface area contributed by atoms with Crippen molar-refractivity contribution in [3.63, 3.8) is 0 Å². The minimum Gasteiger partial charge on any atom is -0.374 e. The Morgan fingerprint density at radius 1 is 1.11 bits per heavy atom. The van der Waals surface area contributed by atoms with E-state index >= 15 is 0 Å². The predicted octanol–water partition coefficient (Wildman–Crippen LogP) is 5.39. The summed E-state index contributed by atoms with van der Waals surface area (Å²) >= 11 is 0. The Balaban J connectivity index is 1.80. The van der Waals surface area contributed by atoms with Crippen molar-refractivity contribution in [2.45, 2.75) is 65.2 Å². The van der Waals surface area contributed by atoms with E-state index in [1.807, 2.05) is 13.0 Å². The zero-order valence-corrected chi connectivity index (χ0v) is 20.0. The molecule has 1 amide bonds. The Hall–Kier alpha value is -3.43. The summed E-state index contributed by atoms with van der Waals surface area (Å²) in [4.78, 5) is 36.1. The minimum atomic E-state index is -4.38. The topological polar surface area (TPSA) is 99.8 Å². The number of aromatic amines is 1. The molecule has 0 bridgehead atoms. The van der Waals surface area contributed by atoms with Crippen LogP contribution in [0.25, 0.3) is 22.2 Å². The first-order valence-corrected chi connectivity index (χ1v) is 11.6. The largest absolute Gasteiger partial charge is 0.389 e. The van der Waals surface area contributed by atoms with Gasteiger partial charge in [0.15, 0.2) is 5.78 Å². The van der Waals surface area contributed by atoms with Crippen LogP contribution < -0.4 is 10.6 Å². The molecule has 1 atom stereocenters. The Bertz CT molecular complexity index is 1170. The number of carbonyl (C=O) groups excluding carboxylic acids is 2. The molecule has 0 spiro atoms. The van der Waals surface area contributed by atoms with Crippen LogP contribution in [0.4, 0.5) is 18.9 Å². The highest BCUT2D eigenvalue weighted by Crippen LogP contribution is 2.30. The molecule has 1 unspecified atom stereocenters. The number of amides is 1. The highest BCUT2D eigenvalue weighted by atomic mass is 19.4. The third-order valence-electron chi connectivity index (χ3n) is 5.59. The van der Waals surface area contributed by atoms with Crippen LogP contribution in [0, 0.1) is 5.92 Å². The first-order valence-electron chi connectivity index (χ1n) is 11.6. The summed E-state index contributed by atoms with van der Waals surface area (Å²) in [6.07, 6.45) is 1.85. The van der Waals surface area contributed by atoms with E-state index in [4.69, 9.17) is 0 Å². The summed E-state index contributed by atoms with van der Waals surface area (Å²) in [5.74, 6) is -0.717. The van der Waals surface area contributed by atoms with Crippen molar-refractivity contribution in [3.8, 4) is 11.1 Å². The molecule has 0 saturated heterocycles. The van der Waals surface area contributed by atoms with E-state index in [0.717, 1.165) is 28.5 Å². The van der Waals surface area contributed by atoms with E-state index in [0.29, 0.717) is 24.3 Å². The fourth-order valence-electron chi connectivity index (χ4n) is 3.78. The number of rotatable bonds is 11. The molecule has 3 aromatic rings. The van der Waals surface area contributed by atoms with E-state index in [2.05, 4.69) is 25.6 Å². The molecule has 0 fully saturated rings. The maximum atomic E-state index is 12.6. The Morgan fingerprint density at radius 3 is 2.57 bits per heavy atom. The highest BCUT2D eigenvalue weighted by molar-refractivity contribution is 5.94. The number of alkyl halides is 3. The second kappa shape index (κ2) is 11.3. The van der Waals surface area contributed by atoms with Gasteiger partial charge in [-0.1, -0.05) is 20.8 Å². The molecular formula is C25H30F3N5O2. The van der Waals surface area contributed by atoms with E-state index in [-0.39, 0.29) is 11.8 Å². The molecule has 3 N–H and O–H groups in total. The van der Waals surface area contributed by atoms with Gasteiger partial charge in [0.1, 0.15) is 5.65 Å². The van der Waals surface area contributed by atoms with Crippen molar-refractivity contribution in [2.24, 2.45) is 5.92 Å². The van der Waals surface area contributed by atoms with Gasteiger partial charge in [-0.25, -0.2) is 4.98 Å². The number of pyridine rings is 2. The molecule has 3 heterocycles. The van der Waals surface area contributed by atoms with Gasteiger partial charge in [-0.15, -0.1) is 0 Å². The van der Waals surface area contributed by atoms with Crippen molar-refractivity contribution in [1.82, 2.24) is 20.3 Å². The van der Waals surface area contributed by atoms with Crippen molar-refractivity contribution in [3.05, 3.63) is 42.5 Å². The van der Waals surface area contributed by atoms with Gasteiger partial charge in [0.2, 0.25) is 5.91 Å². The molecule has 0 saturated carbocycles. The molecule has 7 nitrogen and oxygen atoms in total. The first kappa shape index (κ1) is 26.2. The van der Waals surface area contributed by atoms with Crippen LogP contribution in [-0.2, 0) is 16.1 Å². The lowest BCUT2D eigenvalue weighted by Gasteiger charge is -2.22. The van der Waals surface area contributed by atoms with Gasteiger partial charge in [-0.3, -0.25) is 14.6 Å². The van der Waals surface area contributed by atoms with Gasteiger partial charge in [0.25, 0.3) is 0 Å². The lowest BCUT2D eigenvalue weighted by Crippen LogP contribution is -2.35. The third kappa shape index (κ3) is 7.27. The number of H-pyrrole nitrogens is 1. The molecule has 0 radical (unpaired) electrons. The fourth-order valence-corrected chi connectivity index (χ4v) is 3.78. The lowest BCUT2D eigenvalue weighted by atomic mass is 9.96. The number of ketones is 1. The van der Waals surface area contributed by atoms with Gasteiger partial charge >= 0.3 is 6.18 Å². The molecule has 10 heteroatoms. The quantitative estimate of drug-likeness (QED) is 0.335. The van der Waals surface area contributed by atoms with E-state index in [9.17, 15) is 22.8 Å². The molecular weight excluding hydrogens is 459 g/mol. The van der Waals surface area contributed by atoms with Crippen LogP contribution in [0.3, 0.4) is 0 Å². The van der Waals surface area contributed by atoms with Gasteiger partial charge in [-0.05, 0) is 30.0 Å². The maximum absolute atomic E-state index is 12.6. The van der Waals surface area contributed by atoms with Gasteiger partial charge in [0, 0.05) is 60.7 Å². The Labute approximate surface area is 201 Å². The molecule has 0 aromatic carbocycles. The summed E-state index contributed by atoms with van der Waals surface area (Å²) in [6.45, 7) is 5.87. The van der Waals surface area contributed by atoms with E-state index in [1.165, 1.54) is 6.20 Å². The SMILES string of the molecule is CCCC(=O)NCc1cnc2[nH]cc(-c3cncc(NC(C(=O)CCC(F)(F)F)C(C)C)c3)c2c1. The number of aromatic nitrogens is 3. The normalized spacial score (nSPS) is 12.7. The molecule has 188 valence electrons. The zero-order chi connectivity index (χ0) is 25.6. The van der Waals surface area contributed by atoms with Crippen molar-refractivity contribution < 1.29 is 22.8 Å². The number of hydrogen-bond donors (Lipinski definition) is 3. The van der Waals surface area contributed by atoms with Crippen LogP contribution in [-0.4, -0.2) is 38.9 Å². The van der Waals surface area contributed by atoms with Crippen molar-refractivity contribution >= 4 is 28.4 Å². The summed E-state index contributed by atoms with van der Waals surface area (Å²) in [7, 11) is 0. The second-order valence-corrected chi connectivity index (χ2v) is 8.88. The number of fused-ring (bicyclic) bond motifs is 1. The number of hydrogen-bond acceptors (Lipinski definition) is 5. The summed E-state index contributed by atoms with van der Waals surface area (Å²) in [6, 6.07) is 2.98. The number of nitrogens with zero attached hydrogens (tertiary/aromatic N) is 2.